The molecule has 1 aromatic carbocycles. The number of anilines is 1. The maximum absolute atomic E-state index is 11.9. The molecule has 7 heteroatoms. The number of carbonyl (C=O) groups is 2. The lowest BCUT2D eigenvalue weighted by molar-refractivity contribution is -0.120. The van der Waals surface area contributed by atoms with Gasteiger partial charge in [0.2, 0.25) is 11.8 Å². The highest BCUT2D eigenvalue weighted by atomic mass is 32.1. The lowest BCUT2D eigenvalue weighted by Gasteiger charge is -2.05. The van der Waals surface area contributed by atoms with Gasteiger partial charge in [-0.2, -0.15) is 0 Å². The van der Waals surface area contributed by atoms with Crippen LogP contribution in [0.15, 0.2) is 29.6 Å². The molecule has 0 atom stereocenters. The summed E-state index contributed by atoms with van der Waals surface area (Å²) in [5.41, 5.74) is 1.63. The van der Waals surface area contributed by atoms with Crippen LogP contribution in [0, 0.1) is 0 Å². The quantitative estimate of drug-likeness (QED) is 0.853. The lowest BCUT2D eigenvalue weighted by atomic mass is 10.2. The van der Waals surface area contributed by atoms with Crippen molar-refractivity contribution in [3.8, 4) is 5.75 Å². The summed E-state index contributed by atoms with van der Waals surface area (Å²) in [4.78, 5) is 27.0. The van der Waals surface area contributed by atoms with Crippen molar-refractivity contribution in [2.24, 2.45) is 0 Å². The average molecular weight is 319 g/mol. The van der Waals surface area contributed by atoms with Crippen LogP contribution in [0.25, 0.3) is 0 Å². The standard InChI is InChI=1S/C15H17N3O3S/c1-10(19)17-15-18-12(9-22-15)7-14(20)16-8-11-3-5-13(21-2)6-4-11/h3-6,9H,7-8H2,1-2H3,(H,16,20)(H,17,18,19). The van der Waals surface area contributed by atoms with Gasteiger partial charge < -0.3 is 15.4 Å². The third-order valence-corrected chi connectivity index (χ3v) is 3.63. The SMILES string of the molecule is COc1ccc(CNC(=O)Cc2csc(NC(C)=O)n2)cc1. The van der Waals surface area contributed by atoms with Crippen molar-refractivity contribution >= 4 is 28.3 Å². The minimum absolute atomic E-state index is 0.115. The number of amides is 2. The van der Waals surface area contributed by atoms with Gasteiger partial charge in [-0.05, 0) is 17.7 Å². The first-order valence-electron chi connectivity index (χ1n) is 6.68. The van der Waals surface area contributed by atoms with E-state index in [4.69, 9.17) is 4.74 Å². The van der Waals surface area contributed by atoms with E-state index < -0.39 is 0 Å². The Bertz CT molecular complexity index is 652. The van der Waals surface area contributed by atoms with Crippen LogP contribution < -0.4 is 15.4 Å². The third kappa shape index (κ3) is 4.85. The highest BCUT2D eigenvalue weighted by molar-refractivity contribution is 7.13. The molecule has 2 aromatic rings. The number of rotatable bonds is 6. The number of hydrogen-bond donors (Lipinski definition) is 2. The highest BCUT2D eigenvalue weighted by Crippen LogP contribution is 2.15. The molecular formula is C15H17N3O3S. The Kier molecular flexibility index (Phi) is 5.48. The predicted octanol–water partition coefficient (Wildman–Crippen LogP) is 1.97. The van der Waals surface area contributed by atoms with Crippen LogP contribution in [0.5, 0.6) is 5.75 Å². The van der Waals surface area contributed by atoms with E-state index in [1.807, 2.05) is 24.3 Å². The lowest BCUT2D eigenvalue weighted by Crippen LogP contribution is -2.24. The van der Waals surface area contributed by atoms with E-state index in [2.05, 4.69) is 15.6 Å². The van der Waals surface area contributed by atoms with Crippen LogP contribution >= 0.6 is 11.3 Å². The number of carbonyl (C=O) groups excluding carboxylic acids is 2. The fourth-order valence-corrected chi connectivity index (χ4v) is 2.52. The van der Waals surface area contributed by atoms with Gasteiger partial charge in [-0.1, -0.05) is 12.1 Å². The van der Waals surface area contributed by atoms with Gasteiger partial charge in [-0.25, -0.2) is 4.98 Å². The van der Waals surface area contributed by atoms with Gasteiger partial charge in [0, 0.05) is 18.8 Å². The number of nitrogens with zero attached hydrogens (tertiary/aromatic N) is 1. The first-order chi connectivity index (χ1) is 10.6. The summed E-state index contributed by atoms with van der Waals surface area (Å²) in [6.07, 6.45) is 0.187. The Hall–Kier alpha value is -2.41. The number of nitrogens with one attached hydrogen (secondary N) is 2. The largest absolute Gasteiger partial charge is 0.497 e. The number of methoxy groups -OCH3 is 1. The number of aromatic nitrogens is 1. The Labute approximate surface area is 132 Å². The summed E-state index contributed by atoms with van der Waals surface area (Å²) in [6.45, 7) is 1.87. The van der Waals surface area contributed by atoms with Crippen molar-refractivity contribution < 1.29 is 14.3 Å². The molecule has 2 amide bonds. The van der Waals surface area contributed by atoms with Gasteiger partial charge in [0.1, 0.15) is 5.75 Å². The second-order valence-electron chi connectivity index (χ2n) is 4.63. The van der Waals surface area contributed by atoms with E-state index in [0.29, 0.717) is 17.4 Å². The Balaban J connectivity index is 1.82. The molecule has 1 aromatic heterocycles. The van der Waals surface area contributed by atoms with E-state index in [9.17, 15) is 9.59 Å². The van der Waals surface area contributed by atoms with Crippen molar-refractivity contribution in [3.05, 3.63) is 40.9 Å². The second-order valence-corrected chi connectivity index (χ2v) is 5.48. The highest BCUT2D eigenvalue weighted by Gasteiger charge is 2.08. The van der Waals surface area contributed by atoms with Crippen LogP contribution in [-0.4, -0.2) is 23.9 Å². The predicted molar refractivity (Wildman–Crippen MR) is 85.0 cm³/mol. The monoisotopic (exact) mass is 319 g/mol. The van der Waals surface area contributed by atoms with Crippen LogP contribution in [0.2, 0.25) is 0 Å². The minimum Gasteiger partial charge on any atom is -0.497 e. The molecule has 2 rings (SSSR count). The molecule has 0 saturated heterocycles. The first kappa shape index (κ1) is 16.0. The Morgan fingerprint density at radius 3 is 2.64 bits per heavy atom. The fraction of sp³-hybridized carbons (Fsp3) is 0.267. The molecule has 0 unspecified atom stereocenters. The van der Waals surface area contributed by atoms with Gasteiger partial charge in [-0.15, -0.1) is 11.3 Å². The molecule has 0 aliphatic rings. The van der Waals surface area contributed by atoms with Crippen LogP contribution in [0.3, 0.4) is 0 Å². The first-order valence-corrected chi connectivity index (χ1v) is 7.56. The van der Waals surface area contributed by atoms with Gasteiger partial charge in [0.15, 0.2) is 5.13 Å². The maximum Gasteiger partial charge on any atom is 0.226 e. The molecule has 116 valence electrons. The Morgan fingerprint density at radius 1 is 1.27 bits per heavy atom. The molecule has 0 bridgehead atoms. The molecule has 2 N–H and O–H groups in total. The fourth-order valence-electron chi connectivity index (χ4n) is 1.77. The zero-order valence-electron chi connectivity index (χ0n) is 12.4. The van der Waals surface area contributed by atoms with Crippen molar-refractivity contribution in [1.29, 1.82) is 0 Å². The molecule has 0 aliphatic heterocycles. The average Bonchev–Trinajstić information content (AvgIpc) is 2.92. The summed E-state index contributed by atoms with van der Waals surface area (Å²) in [5.74, 6) is 0.489. The topological polar surface area (TPSA) is 80.3 Å². The van der Waals surface area contributed by atoms with Gasteiger partial charge in [0.05, 0.1) is 19.2 Å². The molecule has 6 nitrogen and oxygen atoms in total. The number of benzene rings is 1. The normalized spacial score (nSPS) is 10.1. The second kappa shape index (κ2) is 7.56. The van der Waals surface area contributed by atoms with Crippen molar-refractivity contribution in [1.82, 2.24) is 10.3 Å². The smallest absolute Gasteiger partial charge is 0.226 e. The van der Waals surface area contributed by atoms with Crippen molar-refractivity contribution in [2.75, 3.05) is 12.4 Å². The zero-order chi connectivity index (χ0) is 15.9. The van der Waals surface area contributed by atoms with E-state index in [1.165, 1.54) is 18.3 Å². The van der Waals surface area contributed by atoms with Crippen LogP contribution in [-0.2, 0) is 22.6 Å². The summed E-state index contributed by atoms with van der Waals surface area (Å²) in [7, 11) is 1.61. The van der Waals surface area contributed by atoms with Gasteiger partial charge in [0.25, 0.3) is 0 Å². The van der Waals surface area contributed by atoms with Crippen LogP contribution in [0.1, 0.15) is 18.2 Å². The van der Waals surface area contributed by atoms with E-state index in [-0.39, 0.29) is 18.2 Å². The van der Waals surface area contributed by atoms with E-state index in [1.54, 1.807) is 12.5 Å². The third-order valence-electron chi connectivity index (χ3n) is 2.83. The summed E-state index contributed by atoms with van der Waals surface area (Å²) < 4.78 is 5.08. The summed E-state index contributed by atoms with van der Waals surface area (Å²) in [6, 6.07) is 7.50. The maximum atomic E-state index is 11.9. The molecule has 0 aliphatic carbocycles. The van der Waals surface area contributed by atoms with Gasteiger partial charge in [-0.3, -0.25) is 9.59 Å². The molecule has 0 spiro atoms. The number of hydrogen-bond acceptors (Lipinski definition) is 5. The van der Waals surface area contributed by atoms with Gasteiger partial charge >= 0.3 is 0 Å². The zero-order valence-corrected chi connectivity index (χ0v) is 13.2. The Morgan fingerprint density at radius 2 is 2.00 bits per heavy atom. The van der Waals surface area contributed by atoms with Crippen molar-refractivity contribution in [3.63, 3.8) is 0 Å². The summed E-state index contributed by atoms with van der Waals surface area (Å²) in [5, 5.41) is 7.69. The molecule has 22 heavy (non-hydrogen) atoms. The van der Waals surface area contributed by atoms with Crippen molar-refractivity contribution in [2.45, 2.75) is 19.9 Å². The van der Waals surface area contributed by atoms with E-state index in [0.717, 1.165) is 11.3 Å². The number of thiazole rings is 1. The summed E-state index contributed by atoms with van der Waals surface area (Å²) >= 11 is 1.30. The molecular weight excluding hydrogens is 302 g/mol. The molecule has 0 fully saturated rings. The minimum atomic E-state index is -0.176. The molecule has 0 saturated carbocycles. The van der Waals surface area contributed by atoms with Crippen LogP contribution in [0.4, 0.5) is 5.13 Å². The van der Waals surface area contributed by atoms with E-state index >= 15 is 0 Å². The number of ether oxygens (including phenoxy) is 1. The molecule has 1 heterocycles. The molecule has 0 radical (unpaired) electrons.